The largest absolute Gasteiger partial charge is 0.288 e. The minimum Gasteiger partial charge on any atom is -0.288 e. The van der Waals surface area contributed by atoms with Gasteiger partial charge < -0.3 is 0 Å². The summed E-state index contributed by atoms with van der Waals surface area (Å²) in [6, 6.07) is 10.8. The van der Waals surface area contributed by atoms with Gasteiger partial charge in [0.05, 0.1) is 5.56 Å². The lowest BCUT2D eigenvalue weighted by molar-refractivity contribution is 0.103. The Morgan fingerprint density at radius 1 is 1.25 bits per heavy atom. The molecular formula is C13H10ClNO. The number of aromatic nitrogens is 1. The van der Waals surface area contributed by atoms with Crippen LogP contribution in [0.1, 0.15) is 21.5 Å². The van der Waals surface area contributed by atoms with Crippen molar-refractivity contribution in [1.29, 1.82) is 0 Å². The Morgan fingerprint density at radius 2 is 1.94 bits per heavy atom. The number of pyridine rings is 1. The second kappa shape index (κ2) is 4.45. The SMILES string of the molecule is Cc1cnc(Cl)c(C(=O)c2ccccc2)c1. The van der Waals surface area contributed by atoms with E-state index in [1.165, 1.54) is 0 Å². The normalized spacial score (nSPS) is 10.1. The van der Waals surface area contributed by atoms with Crippen molar-refractivity contribution in [2.24, 2.45) is 0 Å². The summed E-state index contributed by atoms with van der Waals surface area (Å²) in [4.78, 5) is 16.1. The van der Waals surface area contributed by atoms with Gasteiger partial charge in [-0.05, 0) is 18.6 Å². The summed E-state index contributed by atoms with van der Waals surface area (Å²) in [5.74, 6) is -0.0956. The third-order valence-corrected chi connectivity index (χ3v) is 2.56. The smallest absolute Gasteiger partial charge is 0.196 e. The third kappa shape index (κ3) is 2.12. The zero-order valence-electron chi connectivity index (χ0n) is 8.77. The number of nitrogens with zero attached hydrogens (tertiary/aromatic N) is 1. The Labute approximate surface area is 98.9 Å². The number of halogens is 1. The Morgan fingerprint density at radius 3 is 2.62 bits per heavy atom. The lowest BCUT2D eigenvalue weighted by Gasteiger charge is -2.03. The number of carbonyl (C=O) groups is 1. The number of hydrogen-bond acceptors (Lipinski definition) is 2. The summed E-state index contributed by atoms with van der Waals surface area (Å²) in [5.41, 5.74) is 1.99. The number of carbonyl (C=O) groups excluding carboxylic acids is 1. The van der Waals surface area contributed by atoms with E-state index in [4.69, 9.17) is 11.6 Å². The third-order valence-electron chi connectivity index (χ3n) is 2.26. The van der Waals surface area contributed by atoms with Crippen LogP contribution in [0.4, 0.5) is 0 Å². The molecule has 0 fully saturated rings. The molecule has 0 radical (unpaired) electrons. The molecule has 0 N–H and O–H groups in total. The van der Waals surface area contributed by atoms with Crippen LogP contribution in [0, 0.1) is 6.92 Å². The molecule has 2 rings (SSSR count). The summed E-state index contributed by atoms with van der Waals surface area (Å²) in [5, 5.41) is 0.249. The first kappa shape index (κ1) is 10.8. The lowest BCUT2D eigenvalue weighted by atomic mass is 10.0. The van der Waals surface area contributed by atoms with Crippen LogP contribution in [0.2, 0.25) is 5.15 Å². The van der Waals surface area contributed by atoms with Crippen molar-refractivity contribution in [3.8, 4) is 0 Å². The second-order valence-electron chi connectivity index (χ2n) is 3.55. The van der Waals surface area contributed by atoms with E-state index in [9.17, 15) is 4.79 Å². The minimum atomic E-state index is -0.0956. The molecule has 0 saturated heterocycles. The maximum Gasteiger partial charge on any atom is 0.196 e. The van der Waals surface area contributed by atoms with Crippen molar-refractivity contribution in [1.82, 2.24) is 4.98 Å². The van der Waals surface area contributed by atoms with Crippen molar-refractivity contribution in [3.63, 3.8) is 0 Å². The number of ketones is 1. The van der Waals surface area contributed by atoms with E-state index in [-0.39, 0.29) is 10.9 Å². The average molecular weight is 232 g/mol. The molecule has 1 aromatic heterocycles. The van der Waals surface area contributed by atoms with Gasteiger partial charge in [0.2, 0.25) is 0 Å². The van der Waals surface area contributed by atoms with Gasteiger partial charge in [0.25, 0.3) is 0 Å². The number of aryl methyl sites for hydroxylation is 1. The molecule has 0 aliphatic carbocycles. The van der Waals surface area contributed by atoms with E-state index in [0.29, 0.717) is 11.1 Å². The van der Waals surface area contributed by atoms with Crippen molar-refractivity contribution in [2.45, 2.75) is 6.92 Å². The van der Waals surface area contributed by atoms with E-state index in [0.717, 1.165) is 5.56 Å². The average Bonchev–Trinajstić information content (AvgIpc) is 2.32. The van der Waals surface area contributed by atoms with Gasteiger partial charge in [-0.1, -0.05) is 41.9 Å². The summed E-state index contributed by atoms with van der Waals surface area (Å²) in [7, 11) is 0. The highest BCUT2D eigenvalue weighted by Crippen LogP contribution is 2.18. The van der Waals surface area contributed by atoms with E-state index >= 15 is 0 Å². The van der Waals surface area contributed by atoms with Crippen LogP contribution in [0.3, 0.4) is 0 Å². The highest BCUT2D eigenvalue weighted by Gasteiger charge is 2.13. The molecule has 2 nitrogen and oxygen atoms in total. The van der Waals surface area contributed by atoms with Gasteiger partial charge in [0, 0.05) is 11.8 Å². The van der Waals surface area contributed by atoms with Gasteiger partial charge in [-0.25, -0.2) is 4.98 Å². The predicted molar refractivity (Wildman–Crippen MR) is 63.9 cm³/mol. The molecule has 2 aromatic rings. The molecule has 0 aliphatic rings. The Bertz CT molecular complexity index is 523. The van der Waals surface area contributed by atoms with Crippen LogP contribution in [-0.2, 0) is 0 Å². The zero-order valence-corrected chi connectivity index (χ0v) is 9.53. The monoisotopic (exact) mass is 231 g/mol. The Kier molecular flexibility index (Phi) is 3.02. The standard InChI is InChI=1S/C13H10ClNO/c1-9-7-11(13(14)15-8-9)12(16)10-5-3-2-4-6-10/h2-8H,1H3. The highest BCUT2D eigenvalue weighted by molar-refractivity contribution is 6.33. The van der Waals surface area contributed by atoms with E-state index < -0.39 is 0 Å². The second-order valence-corrected chi connectivity index (χ2v) is 3.90. The molecule has 0 amide bonds. The Hall–Kier alpha value is -1.67. The summed E-state index contributed by atoms with van der Waals surface area (Å²) in [6.07, 6.45) is 1.64. The van der Waals surface area contributed by atoms with Crippen LogP contribution in [0.25, 0.3) is 0 Å². The van der Waals surface area contributed by atoms with Gasteiger partial charge in [-0.15, -0.1) is 0 Å². The van der Waals surface area contributed by atoms with E-state index in [1.54, 1.807) is 24.4 Å². The fourth-order valence-electron chi connectivity index (χ4n) is 1.46. The first-order valence-corrected chi connectivity index (χ1v) is 5.28. The molecule has 0 bridgehead atoms. The quantitative estimate of drug-likeness (QED) is 0.587. The first-order chi connectivity index (χ1) is 7.68. The van der Waals surface area contributed by atoms with Gasteiger partial charge in [-0.3, -0.25) is 4.79 Å². The molecular weight excluding hydrogens is 222 g/mol. The molecule has 3 heteroatoms. The highest BCUT2D eigenvalue weighted by atomic mass is 35.5. The maximum absolute atomic E-state index is 12.1. The molecule has 0 aliphatic heterocycles. The van der Waals surface area contributed by atoms with Gasteiger partial charge >= 0.3 is 0 Å². The zero-order chi connectivity index (χ0) is 11.5. The summed E-state index contributed by atoms with van der Waals surface area (Å²) < 4.78 is 0. The van der Waals surface area contributed by atoms with Crippen molar-refractivity contribution in [3.05, 3.63) is 64.4 Å². The van der Waals surface area contributed by atoms with Gasteiger partial charge in [0.1, 0.15) is 5.15 Å². The van der Waals surface area contributed by atoms with Crippen LogP contribution in [-0.4, -0.2) is 10.8 Å². The fraction of sp³-hybridized carbons (Fsp3) is 0.0769. The molecule has 16 heavy (non-hydrogen) atoms. The lowest BCUT2D eigenvalue weighted by Crippen LogP contribution is -2.03. The number of benzene rings is 1. The molecule has 0 atom stereocenters. The molecule has 0 saturated carbocycles. The fourth-order valence-corrected chi connectivity index (χ4v) is 1.65. The topological polar surface area (TPSA) is 30.0 Å². The predicted octanol–water partition coefficient (Wildman–Crippen LogP) is 3.27. The number of hydrogen-bond donors (Lipinski definition) is 0. The van der Waals surface area contributed by atoms with E-state index in [2.05, 4.69) is 4.98 Å². The summed E-state index contributed by atoms with van der Waals surface area (Å²) >= 11 is 5.91. The molecule has 0 unspecified atom stereocenters. The Balaban J connectivity index is 2.46. The maximum atomic E-state index is 12.1. The van der Waals surface area contributed by atoms with Crippen LogP contribution in [0.5, 0.6) is 0 Å². The minimum absolute atomic E-state index is 0.0956. The number of rotatable bonds is 2. The first-order valence-electron chi connectivity index (χ1n) is 4.90. The van der Waals surface area contributed by atoms with Crippen LogP contribution in [0.15, 0.2) is 42.6 Å². The van der Waals surface area contributed by atoms with Crippen molar-refractivity contribution < 1.29 is 4.79 Å². The molecule has 0 spiro atoms. The van der Waals surface area contributed by atoms with Gasteiger partial charge in [-0.2, -0.15) is 0 Å². The van der Waals surface area contributed by atoms with Crippen molar-refractivity contribution in [2.75, 3.05) is 0 Å². The van der Waals surface area contributed by atoms with E-state index in [1.807, 2.05) is 25.1 Å². The molecule has 1 heterocycles. The van der Waals surface area contributed by atoms with Gasteiger partial charge in [0.15, 0.2) is 5.78 Å². The van der Waals surface area contributed by atoms with Crippen molar-refractivity contribution >= 4 is 17.4 Å². The molecule has 80 valence electrons. The summed E-state index contributed by atoms with van der Waals surface area (Å²) in [6.45, 7) is 1.88. The van der Waals surface area contributed by atoms with Crippen LogP contribution >= 0.6 is 11.6 Å². The van der Waals surface area contributed by atoms with Crippen LogP contribution < -0.4 is 0 Å². The molecule has 1 aromatic carbocycles.